The molecule has 106 valence electrons. The zero-order valence-electron chi connectivity index (χ0n) is 10.1. The molecule has 20 heavy (non-hydrogen) atoms. The van der Waals surface area contributed by atoms with Crippen LogP contribution in [0.15, 0.2) is 38.2 Å². The topological polar surface area (TPSA) is 72.0 Å². The second-order valence-corrected chi connectivity index (χ2v) is 7.59. The van der Waals surface area contributed by atoms with E-state index >= 15 is 0 Å². The average molecular weight is 442 g/mol. The average Bonchev–Trinajstić information content (AvgIpc) is 2.33. The minimum atomic E-state index is -3.81. The molecule has 5 nitrogen and oxygen atoms in total. The van der Waals surface area contributed by atoms with Gasteiger partial charge in [-0.25, -0.2) is 23.1 Å². The van der Waals surface area contributed by atoms with Gasteiger partial charge in [-0.05, 0) is 46.6 Å². The summed E-state index contributed by atoms with van der Waals surface area (Å²) in [5, 5.41) is 0.154. The fourth-order valence-electron chi connectivity index (χ4n) is 1.39. The number of rotatable bonds is 3. The fraction of sp³-hybridized carbons (Fsp3) is 0.0909. The van der Waals surface area contributed by atoms with E-state index in [1.807, 2.05) is 6.92 Å². The Morgan fingerprint density at radius 1 is 1.25 bits per heavy atom. The summed E-state index contributed by atoms with van der Waals surface area (Å²) in [6.07, 6.45) is 1.37. The van der Waals surface area contributed by atoms with Crippen molar-refractivity contribution in [3.05, 3.63) is 44.1 Å². The van der Waals surface area contributed by atoms with Crippen molar-refractivity contribution >= 4 is 59.4 Å². The Bertz CT molecular complexity index is 768. The van der Waals surface area contributed by atoms with Crippen LogP contribution in [0.1, 0.15) is 5.56 Å². The van der Waals surface area contributed by atoms with Crippen LogP contribution in [0, 0.1) is 6.92 Å². The van der Waals surface area contributed by atoms with Crippen LogP contribution in [0.4, 0.5) is 5.95 Å². The molecule has 9 heteroatoms. The van der Waals surface area contributed by atoms with Gasteiger partial charge in [0, 0.05) is 15.1 Å². The van der Waals surface area contributed by atoms with Crippen LogP contribution >= 0.6 is 43.5 Å². The highest BCUT2D eigenvalue weighted by Crippen LogP contribution is 2.29. The zero-order chi connectivity index (χ0) is 14.9. The van der Waals surface area contributed by atoms with E-state index in [0.717, 1.165) is 5.56 Å². The van der Waals surface area contributed by atoms with E-state index in [2.05, 4.69) is 46.5 Å². The Balaban J connectivity index is 2.43. The third kappa shape index (κ3) is 3.49. The Morgan fingerprint density at radius 2 is 1.95 bits per heavy atom. The van der Waals surface area contributed by atoms with Crippen LogP contribution < -0.4 is 4.72 Å². The summed E-state index contributed by atoms with van der Waals surface area (Å²) in [7, 11) is -3.81. The summed E-state index contributed by atoms with van der Waals surface area (Å²) in [6.45, 7) is 1.86. The number of halogens is 3. The van der Waals surface area contributed by atoms with E-state index in [1.165, 1.54) is 18.3 Å². The first-order valence-electron chi connectivity index (χ1n) is 5.26. The number of hydrogen-bond acceptors (Lipinski definition) is 4. The highest BCUT2D eigenvalue weighted by atomic mass is 79.9. The summed E-state index contributed by atoms with van der Waals surface area (Å²) in [4.78, 5) is 7.68. The number of sulfonamides is 1. The predicted octanol–water partition coefficient (Wildman–Crippen LogP) is 3.76. The molecule has 0 saturated heterocycles. The van der Waals surface area contributed by atoms with Crippen LogP contribution in [0.5, 0.6) is 0 Å². The van der Waals surface area contributed by atoms with Crippen molar-refractivity contribution in [1.82, 2.24) is 9.97 Å². The molecule has 0 bridgehead atoms. The van der Waals surface area contributed by atoms with Gasteiger partial charge in [0.2, 0.25) is 5.95 Å². The Morgan fingerprint density at radius 3 is 2.60 bits per heavy atom. The first-order chi connectivity index (χ1) is 9.29. The normalized spacial score (nSPS) is 11.4. The van der Waals surface area contributed by atoms with E-state index in [-0.39, 0.29) is 16.0 Å². The van der Waals surface area contributed by atoms with Gasteiger partial charge in [0.05, 0.1) is 0 Å². The third-order valence-electron chi connectivity index (χ3n) is 2.35. The smallest absolute Gasteiger partial charge is 0.247 e. The molecule has 1 aromatic carbocycles. The minimum Gasteiger partial charge on any atom is -0.247 e. The second-order valence-electron chi connectivity index (χ2n) is 3.84. The fourth-order valence-corrected chi connectivity index (χ4v) is 4.16. The highest BCUT2D eigenvalue weighted by Gasteiger charge is 2.20. The van der Waals surface area contributed by atoms with Crippen LogP contribution in [-0.2, 0) is 10.0 Å². The maximum Gasteiger partial charge on any atom is 0.265 e. The van der Waals surface area contributed by atoms with Gasteiger partial charge in [-0.2, -0.15) is 0 Å². The molecular weight excluding hydrogens is 433 g/mol. The molecule has 0 aliphatic heterocycles. The largest absolute Gasteiger partial charge is 0.265 e. The number of anilines is 1. The van der Waals surface area contributed by atoms with Gasteiger partial charge >= 0.3 is 0 Å². The van der Waals surface area contributed by atoms with Gasteiger partial charge in [0.25, 0.3) is 10.0 Å². The van der Waals surface area contributed by atoms with Crippen molar-refractivity contribution in [2.45, 2.75) is 11.8 Å². The van der Waals surface area contributed by atoms with Crippen molar-refractivity contribution in [2.24, 2.45) is 0 Å². The number of benzene rings is 1. The molecule has 0 spiro atoms. The standard InChI is InChI=1S/C11H8Br2ClN3O2S/c1-6-4-8(13)9(5-7(6)12)20(18,19)17-11-15-3-2-10(14)16-11/h2-5H,1H3,(H,15,16,17). The van der Waals surface area contributed by atoms with E-state index in [4.69, 9.17) is 11.6 Å². The van der Waals surface area contributed by atoms with E-state index in [9.17, 15) is 8.42 Å². The number of hydrogen-bond donors (Lipinski definition) is 1. The minimum absolute atomic E-state index is 0.0820. The number of aromatic nitrogens is 2. The molecule has 0 unspecified atom stereocenters. The third-order valence-corrected chi connectivity index (χ3v) is 5.70. The molecule has 0 saturated carbocycles. The highest BCUT2D eigenvalue weighted by molar-refractivity contribution is 9.11. The molecule has 0 aliphatic carbocycles. The van der Waals surface area contributed by atoms with E-state index < -0.39 is 10.0 Å². The molecule has 1 heterocycles. The van der Waals surface area contributed by atoms with Crippen LogP contribution in [0.25, 0.3) is 0 Å². The zero-order valence-corrected chi connectivity index (χ0v) is 14.8. The first kappa shape index (κ1) is 15.7. The van der Waals surface area contributed by atoms with Gasteiger partial charge in [-0.3, -0.25) is 0 Å². The summed E-state index contributed by atoms with van der Waals surface area (Å²) >= 11 is 12.2. The SMILES string of the molecule is Cc1cc(Br)c(S(=O)(=O)Nc2nccc(Cl)n2)cc1Br. The van der Waals surface area contributed by atoms with Crippen molar-refractivity contribution in [1.29, 1.82) is 0 Å². The van der Waals surface area contributed by atoms with Gasteiger partial charge in [0.1, 0.15) is 10.0 Å². The molecule has 1 aromatic heterocycles. The van der Waals surface area contributed by atoms with Gasteiger partial charge in [-0.15, -0.1) is 0 Å². The summed E-state index contributed by atoms with van der Waals surface area (Å²) < 4.78 is 28.0. The molecule has 2 rings (SSSR count). The lowest BCUT2D eigenvalue weighted by Crippen LogP contribution is -2.15. The monoisotopic (exact) mass is 439 g/mol. The molecular formula is C11H8Br2ClN3O2S. The number of aryl methyl sites for hydroxylation is 1. The molecule has 0 fully saturated rings. The molecule has 0 amide bonds. The van der Waals surface area contributed by atoms with Crippen molar-refractivity contribution in [2.75, 3.05) is 4.72 Å². The van der Waals surface area contributed by atoms with Crippen molar-refractivity contribution in [3.8, 4) is 0 Å². The lowest BCUT2D eigenvalue weighted by Gasteiger charge is -2.10. The Kier molecular flexibility index (Phi) is 4.68. The van der Waals surface area contributed by atoms with Gasteiger partial charge in [-0.1, -0.05) is 27.5 Å². The van der Waals surface area contributed by atoms with Crippen LogP contribution in [-0.4, -0.2) is 18.4 Å². The lowest BCUT2D eigenvalue weighted by atomic mass is 10.2. The summed E-state index contributed by atoms with van der Waals surface area (Å²) in [6, 6.07) is 4.67. The summed E-state index contributed by atoms with van der Waals surface area (Å²) in [5.74, 6) is -0.0823. The van der Waals surface area contributed by atoms with Gasteiger partial charge < -0.3 is 0 Å². The molecule has 2 aromatic rings. The maximum atomic E-state index is 12.3. The molecule has 0 radical (unpaired) electrons. The van der Waals surface area contributed by atoms with E-state index in [1.54, 1.807) is 6.07 Å². The molecule has 0 aliphatic rings. The quantitative estimate of drug-likeness (QED) is 0.736. The van der Waals surface area contributed by atoms with Gasteiger partial charge in [0.15, 0.2) is 0 Å². The van der Waals surface area contributed by atoms with Crippen LogP contribution in [0.3, 0.4) is 0 Å². The second kappa shape index (κ2) is 5.97. The van der Waals surface area contributed by atoms with E-state index in [0.29, 0.717) is 8.95 Å². The summed E-state index contributed by atoms with van der Waals surface area (Å²) in [5.41, 5.74) is 0.912. The van der Waals surface area contributed by atoms with Crippen molar-refractivity contribution < 1.29 is 8.42 Å². The van der Waals surface area contributed by atoms with Crippen LogP contribution in [0.2, 0.25) is 5.15 Å². The molecule has 0 atom stereocenters. The Hall–Kier alpha value is -0.700. The predicted molar refractivity (Wildman–Crippen MR) is 84.4 cm³/mol. The Labute approximate surface area is 138 Å². The van der Waals surface area contributed by atoms with Crippen molar-refractivity contribution in [3.63, 3.8) is 0 Å². The number of nitrogens with zero attached hydrogens (tertiary/aromatic N) is 2. The number of nitrogens with one attached hydrogen (secondary N) is 1. The molecule has 1 N–H and O–H groups in total. The lowest BCUT2D eigenvalue weighted by molar-refractivity contribution is 0.600. The first-order valence-corrected chi connectivity index (χ1v) is 8.71. The maximum absolute atomic E-state index is 12.3.